The van der Waals surface area contributed by atoms with Crippen molar-refractivity contribution in [3.8, 4) is 0 Å². The molecular formula is C14H16N2O2. The van der Waals surface area contributed by atoms with Crippen molar-refractivity contribution in [1.82, 2.24) is 9.55 Å². The van der Waals surface area contributed by atoms with Gasteiger partial charge < -0.3 is 9.67 Å². The van der Waals surface area contributed by atoms with Crippen LogP contribution in [-0.2, 0) is 17.8 Å². The topological polar surface area (TPSA) is 55.1 Å². The molecular weight excluding hydrogens is 228 g/mol. The first-order chi connectivity index (χ1) is 8.65. The van der Waals surface area contributed by atoms with Gasteiger partial charge in [-0.2, -0.15) is 0 Å². The zero-order valence-electron chi connectivity index (χ0n) is 10.6. The minimum absolute atomic E-state index is 0.683. The summed E-state index contributed by atoms with van der Waals surface area (Å²) in [5.74, 6) is -0.276. The molecule has 0 aliphatic heterocycles. The maximum absolute atomic E-state index is 10.6. The van der Waals surface area contributed by atoms with E-state index in [9.17, 15) is 4.79 Å². The molecule has 18 heavy (non-hydrogen) atoms. The van der Waals surface area contributed by atoms with Crippen molar-refractivity contribution >= 4 is 23.1 Å². The van der Waals surface area contributed by atoms with Crippen molar-refractivity contribution in [2.24, 2.45) is 0 Å². The maximum atomic E-state index is 10.6. The highest BCUT2D eigenvalue weighted by molar-refractivity contribution is 5.86. The molecule has 1 aromatic heterocycles. The molecule has 1 aromatic carbocycles. The van der Waals surface area contributed by atoms with Gasteiger partial charge in [0, 0.05) is 12.6 Å². The average Bonchev–Trinajstić information content (AvgIpc) is 2.72. The van der Waals surface area contributed by atoms with Crippen LogP contribution in [0.5, 0.6) is 0 Å². The van der Waals surface area contributed by atoms with Crippen molar-refractivity contribution in [1.29, 1.82) is 0 Å². The van der Waals surface area contributed by atoms with Crippen molar-refractivity contribution in [2.75, 3.05) is 0 Å². The smallest absolute Gasteiger partial charge is 0.328 e. The standard InChI is InChI=1S/C14H16N2O2/c1-3-10-5-6-11-12(9-10)16(4-2)13(15-11)7-8-14(17)18/h5-9H,3-4H2,1-2H3,(H,17,18)/b8-7+. The lowest BCUT2D eigenvalue weighted by molar-refractivity contribution is -0.131. The second-order valence-corrected chi connectivity index (χ2v) is 4.06. The molecule has 0 aliphatic carbocycles. The number of nitrogens with zero attached hydrogens (tertiary/aromatic N) is 2. The molecule has 1 N–H and O–H groups in total. The molecule has 0 amide bonds. The van der Waals surface area contributed by atoms with E-state index in [0.717, 1.165) is 30.1 Å². The number of rotatable bonds is 4. The van der Waals surface area contributed by atoms with Gasteiger partial charge in [0.2, 0.25) is 0 Å². The molecule has 0 radical (unpaired) electrons. The summed E-state index contributed by atoms with van der Waals surface area (Å²) >= 11 is 0. The molecule has 94 valence electrons. The van der Waals surface area contributed by atoms with Crippen LogP contribution in [0.1, 0.15) is 25.2 Å². The molecule has 2 rings (SSSR count). The van der Waals surface area contributed by atoms with E-state index in [2.05, 4.69) is 24.0 Å². The number of fused-ring (bicyclic) bond motifs is 1. The van der Waals surface area contributed by atoms with Crippen LogP contribution >= 0.6 is 0 Å². The summed E-state index contributed by atoms with van der Waals surface area (Å²) in [5.41, 5.74) is 3.21. The number of carboxylic acids is 1. The quantitative estimate of drug-likeness (QED) is 0.841. The molecule has 0 aliphatic rings. The Kier molecular flexibility index (Phi) is 3.46. The van der Waals surface area contributed by atoms with Crippen LogP contribution in [0.15, 0.2) is 24.3 Å². The van der Waals surface area contributed by atoms with Gasteiger partial charge in [-0.3, -0.25) is 0 Å². The third-order valence-electron chi connectivity index (χ3n) is 2.94. The summed E-state index contributed by atoms with van der Waals surface area (Å²) in [7, 11) is 0. The lowest BCUT2D eigenvalue weighted by atomic mass is 10.1. The maximum Gasteiger partial charge on any atom is 0.328 e. The first-order valence-corrected chi connectivity index (χ1v) is 6.05. The normalized spacial score (nSPS) is 11.4. The third-order valence-corrected chi connectivity index (χ3v) is 2.94. The van der Waals surface area contributed by atoms with Crippen molar-refractivity contribution in [2.45, 2.75) is 26.8 Å². The number of benzene rings is 1. The van der Waals surface area contributed by atoms with Gasteiger partial charge in [-0.15, -0.1) is 0 Å². The number of aromatic nitrogens is 2. The minimum Gasteiger partial charge on any atom is -0.478 e. The van der Waals surface area contributed by atoms with Crippen LogP contribution < -0.4 is 0 Å². The Morgan fingerprint density at radius 1 is 1.44 bits per heavy atom. The highest BCUT2D eigenvalue weighted by Crippen LogP contribution is 2.19. The molecule has 4 heteroatoms. The summed E-state index contributed by atoms with van der Waals surface area (Å²) in [6, 6.07) is 6.16. The molecule has 4 nitrogen and oxygen atoms in total. The van der Waals surface area contributed by atoms with E-state index in [1.165, 1.54) is 11.6 Å². The van der Waals surface area contributed by atoms with Gasteiger partial charge in [0.25, 0.3) is 0 Å². The third kappa shape index (κ3) is 2.27. The number of hydrogen-bond acceptors (Lipinski definition) is 2. The van der Waals surface area contributed by atoms with Crippen molar-refractivity contribution in [3.05, 3.63) is 35.7 Å². The first-order valence-electron chi connectivity index (χ1n) is 6.05. The summed E-state index contributed by atoms with van der Waals surface area (Å²) in [5, 5.41) is 8.67. The molecule has 0 fully saturated rings. The van der Waals surface area contributed by atoms with Crippen LogP contribution in [0.25, 0.3) is 17.1 Å². The fourth-order valence-corrected chi connectivity index (χ4v) is 2.01. The van der Waals surface area contributed by atoms with Crippen LogP contribution in [0.2, 0.25) is 0 Å². The Bertz CT molecular complexity index is 612. The Balaban J connectivity index is 2.57. The summed E-state index contributed by atoms with van der Waals surface area (Å²) < 4.78 is 2.02. The number of imidazole rings is 1. The highest BCUT2D eigenvalue weighted by atomic mass is 16.4. The highest BCUT2D eigenvalue weighted by Gasteiger charge is 2.07. The van der Waals surface area contributed by atoms with Crippen molar-refractivity contribution in [3.63, 3.8) is 0 Å². The summed E-state index contributed by atoms with van der Waals surface area (Å²) in [6.45, 7) is 4.90. The second-order valence-electron chi connectivity index (χ2n) is 4.06. The average molecular weight is 244 g/mol. The molecule has 0 saturated carbocycles. The van der Waals surface area contributed by atoms with Crippen LogP contribution in [0.4, 0.5) is 0 Å². The zero-order valence-corrected chi connectivity index (χ0v) is 10.6. The Hall–Kier alpha value is -2.10. The molecule has 0 bridgehead atoms. The van der Waals surface area contributed by atoms with E-state index in [4.69, 9.17) is 5.11 Å². The van der Waals surface area contributed by atoms with Gasteiger partial charge in [0.05, 0.1) is 11.0 Å². The number of aliphatic carboxylic acids is 1. The molecule has 1 heterocycles. The largest absolute Gasteiger partial charge is 0.478 e. The van der Waals surface area contributed by atoms with E-state index >= 15 is 0 Å². The van der Waals surface area contributed by atoms with E-state index in [1.807, 2.05) is 17.6 Å². The SMILES string of the molecule is CCc1ccc2nc(/C=C/C(=O)O)n(CC)c2c1. The Morgan fingerprint density at radius 3 is 2.83 bits per heavy atom. The molecule has 0 unspecified atom stereocenters. The zero-order chi connectivity index (χ0) is 13.1. The second kappa shape index (κ2) is 5.04. The lowest BCUT2D eigenvalue weighted by Crippen LogP contribution is -1.98. The summed E-state index contributed by atoms with van der Waals surface area (Å²) in [4.78, 5) is 15.0. The van der Waals surface area contributed by atoms with Gasteiger partial charge >= 0.3 is 5.97 Å². The van der Waals surface area contributed by atoms with Gasteiger partial charge in [0.1, 0.15) is 5.82 Å². The fraction of sp³-hybridized carbons (Fsp3) is 0.286. The first kappa shape index (κ1) is 12.4. The molecule has 0 spiro atoms. The predicted molar refractivity (Wildman–Crippen MR) is 71.5 cm³/mol. The van der Waals surface area contributed by atoms with E-state index in [0.29, 0.717) is 5.82 Å². The Morgan fingerprint density at radius 2 is 2.22 bits per heavy atom. The molecule has 2 aromatic rings. The fourth-order valence-electron chi connectivity index (χ4n) is 2.01. The lowest BCUT2D eigenvalue weighted by Gasteiger charge is -2.03. The van der Waals surface area contributed by atoms with E-state index < -0.39 is 5.97 Å². The molecule has 0 saturated heterocycles. The van der Waals surface area contributed by atoms with Crippen LogP contribution in [-0.4, -0.2) is 20.6 Å². The van der Waals surface area contributed by atoms with Gasteiger partial charge in [-0.25, -0.2) is 9.78 Å². The number of carboxylic acid groups (broad SMARTS) is 1. The van der Waals surface area contributed by atoms with E-state index in [1.54, 1.807) is 0 Å². The van der Waals surface area contributed by atoms with E-state index in [-0.39, 0.29) is 0 Å². The Labute approximate surface area is 106 Å². The van der Waals surface area contributed by atoms with Gasteiger partial charge in [0.15, 0.2) is 0 Å². The van der Waals surface area contributed by atoms with Crippen LogP contribution in [0.3, 0.4) is 0 Å². The van der Waals surface area contributed by atoms with Crippen molar-refractivity contribution < 1.29 is 9.90 Å². The van der Waals surface area contributed by atoms with Gasteiger partial charge in [-0.05, 0) is 37.1 Å². The summed E-state index contributed by atoms with van der Waals surface area (Å²) in [6.07, 6.45) is 3.64. The molecule has 0 atom stereocenters. The van der Waals surface area contributed by atoms with Gasteiger partial charge in [-0.1, -0.05) is 13.0 Å². The number of aryl methyl sites for hydroxylation is 2. The predicted octanol–water partition coefficient (Wildman–Crippen LogP) is 2.72. The van der Waals surface area contributed by atoms with Crippen LogP contribution in [0, 0.1) is 0 Å². The minimum atomic E-state index is -0.959. The number of hydrogen-bond donors (Lipinski definition) is 1. The monoisotopic (exact) mass is 244 g/mol. The number of carbonyl (C=O) groups is 1.